The summed E-state index contributed by atoms with van der Waals surface area (Å²) in [6.07, 6.45) is 6.86. The van der Waals surface area contributed by atoms with E-state index in [9.17, 15) is 15.2 Å². The van der Waals surface area contributed by atoms with Gasteiger partial charge in [0, 0.05) is 48.5 Å². The number of carboxylic acids is 1. The Bertz CT molecular complexity index is 2340. The Hall–Kier alpha value is -5.34. The van der Waals surface area contributed by atoms with Crippen LogP contribution in [0.15, 0.2) is 77.5 Å². The van der Waals surface area contributed by atoms with Gasteiger partial charge in [-0.25, -0.2) is 9.97 Å². The maximum absolute atomic E-state index is 11.4. The number of fused-ring (bicyclic) bond motifs is 2. The van der Waals surface area contributed by atoms with Gasteiger partial charge in [-0.3, -0.25) is 19.6 Å². The highest BCUT2D eigenvalue weighted by Gasteiger charge is 2.28. The van der Waals surface area contributed by atoms with Crippen LogP contribution in [0, 0.1) is 24.2 Å². The molecule has 2 saturated heterocycles. The molecule has 256 valence electrons. The molecule has 2 aliphatic heterocycles. The summed E-state index contributed by atoms with van der Waals surface area (Å²) in [5, 5.41) is 24.4. The van der Waals surface area contributed by atoms with Gasteiger partial charge in [0.2, 0.25) is 5.89 Å². The number of nitrogens with one attached hydrogen (secondary N) is 1. The lowest BCUT2D eigenvalue weighted by Crippen LogP contribution is -2.22. The molecule has 0 amide bonds. The smallest absolute Gasteiger partial charge is 0.307 e. The predicted octanol–water partition coefficient (Wildman–Crippen LogP) is 8.18. The summed E-state index contributed by atoms with van der Waals surface area (Å²) < 4.78 is 6.25. The standard InChI is InChI=1S/C40H36ClN7O3/c1-24-30(6-4-7-31(24)39-46-34-18-25(16-29(19-42)37(34)51-39)21-48-15-11-28(23-48)40(49)50)32-8-5-9-33(35(32)41)45-38-36-27(10-12-43-38)17-26(20-44-36)22-47-13-2-3-14-47/h4-10,12,16-18,20,28H,2-3,11,13-15,21-23H2,1H3,(H,43,45)(H,49,50)/t28-/m1/s1. The third-order valence-corrected chi connectivity index (χ3v) is 10.5. The third-order valence-electron chi connectivity index (χ3n) is 10.1. The molecule has 8 rings (SSSR count). The maximum atomic E-state index is 11.4. The van der Waals surface area contributed by atoms with Crippen LogP contribution >= 0.6 is 11.6 Å². The number of likely N-dealkylation sites (tertiary alicyclic amines) is 2. The number of aliphatic carboxylic acids is 1. The minimum Gasteiger partial charge on any atom is -0.481 e. The molecule has 3 aromatic carbocycles. The van der Waals surface area contributed by atoms with Gasteiger partial charge in [0.05, 0.1) is 22.2 Å². The highest BCUT2D eigenvalue weighted by molar-refractivity contribution is 6.36. The average molecular weight is 698 g/mol. The van der Waals surface area contributed by atoms with Crippen molar-refractivity contribution in [1.82, 2.24) is 24.8 Å². The molecule has 5 heterocycles. The number of oxazole rings is 1. The average Bonchev–Trinajstić information content (AvgIpc) is 3.91. The molecule has 0 saturated carbocycles. The minimum absolute atomic E-state index is 0.368. The summed E-state index contributed by atoms with van der Waals surface area (Å²) in [6, 6.07) is 22.0. The van der Waals surface area contributed by atoms with Gasteiger partial charge in [0.15, 0.2) is 11.4 Å². The highest BCUT2D eigenvalue weighted by atomic mass is 35.5. The first kappa shape index (κ1) is 32.8. The van der Waals surface area contributed by atoms with Crippen molar-refractivity contribution in [2.24, 2.45) is 5.92 Å². The van der Waals surface area contributed by atoms with E-state index in [1.165, 1.54) is 18.4 Å². The number of rotatable bonds is 9. The Kier molecular flexibility index (Phi) is 8.86. The van der Waals surface area contributed by atoms with Gasteiger partial charge in [0.25, 0.3) is 0 Å². The number of carboxylic acid groups (broad SMARTS) is 1. The maximum Gasteiger partial charge on any atom is 0.307 e. The number of hydrogen-bond acceptors (Lipinski definition) is 9. The van der Waals surface area contributed by atoms with Gasteiger partial charge in [-0.2, -0.15) is 5.26 Å². The van der Waals surface area contributed by atoms with E-state index in [1.807, 2.05) is 61.7 Å². The fraction of sp³-hybridized carbons (Fsp3) is 0.275. The molecule has 2 aliphatic rings. The summed E-state index contributed by atoms with van der Waals surface area (Å²) in [5.41, 5.74) is 8.45. The van der Waals surface area contributed by atoms with E-state index in [2.05, 4.69) is 32.2 Å². The SMILES string of the molecule is Cc1c(-c2nc3cc(CN4CC[C@@H](C(=O)O)C4)cc(C#N)c3o2)cccc1-c1cccc(Nc2nccc3cc(CN4CCCC4)cnc23)c1Cl. The Morgan fingerprint density at radius 1 is 1.00 bits per heavy atom. The van der Waals surface area contributed by atoms with Crippen LogP contribution in [0.4, 0.5) is 11.5 Å². The summed E-state index contributed by atoms with van der Waals surface area (Å²) in [4.78, 5) is 30.3. The molecular formula is C40H36ClN7O3. The molecule has 0 radical (unpaired) electrons. The Labute approximate surface area is 300 Å². The number of anilines is 2. The van der Waals surface area contributed by atoms with E-state index in [-0.39, 0.29) is 5.92 Å². The molecular weight excluding hydrogens is 662 g/mol. The first-order chi connectivity index (χ1) is 24.8. The zero-order chi connectivity index (χ0) is 35.1. The predicted molar refractivity (Wildman–Crippen MR) is 198 cm³/mol. The fourth-order valence-corrected chi connectivity index (χ4v) is 7.70. The van der Waals surface area contributed by atoms with Gasteiger partial charge in [-0.05, 0) is 104 Å². The van der Waals surface area contributed by atoms with E-state index in [4.69, 9.17) is 26.0 Å². The summed E-state index contributed by atoms with van der Waals surface area (Å²) in [7, 11) is 0. The van der Waals surface area contributed by atoms with Crippen molar-refractivity contribution in [3.63, 3.8) is 0 Å². The second-order valence-corrected chi connectivity index (χ2v) is 13.9. The zero-order valence-electron chi connectivity index (χ0n) is 28.2. The van der Waals surface area contributed by atoms with E-state index in [1.54, 1.807) is 12.3 Å². The number of halogens is 1. The van der Waals surface area contributed by atoms with Crippen molar-refractivity contribution < 1.29 is 14.3 Å². The van der Waals surface area contributed by atoms with Crippen LogP contribution in [0.5, 0.6) is 0 Å². The van der Waals surface area contributed by atoms with Crippen LogP contribution in [-0.4, -0.2) is 62.0 Å². The lowest BCUT2D eigenvalue weighted by atomic mass is 9.96. The Morgan fingerprint density at radius 3 is 2.59 bits per heavy atom. The van der Waals surface area contributed by atoms with Gasteiger partial charge in [-0.1, -0.05) is 35.9 Å². The number of nitrogens with zero attached hydrogens (tertiary/aromatic N) is 6. The molecule has 0 spiro atoms. The molecule has 10 nitrogen and oxygen atoms in total. The molecule has 3 aromatic heterocycles. The van der Waals surface area contributed by atoms with E-state index >= 15 is 0 Å². The van der Waals surface area contributed by atoms with E-state index in [0.717, 1.165) is 58.4 Å². The van der Waals surface area contributed by atoms with Crippen LogP contribution in [-0.2, 0) is 17.9 Å². The molecule has 2 fully saturated rings. The van der Waals surface area contributed by atoms with Crippen molar-refractivity contribution in [2.75, 3.05) is 31.5 Å². The molecule has 2 N–H and O–H groups in total. The quantitative estimate of drug-likeness (QED) is 0.152. The second-order valence-electron chi connectivity index (χ2n) is 13.5. The number of carbonyl (C=O) groups is 1. The first-order valence-corrected chi connectivity index (χ1v) is 17.6. The van der Waals surface area contributed by atoms with Crippen LogP contribution in [0.25, 0.3) is 44.6 Å². The fourth-order valence-electron chi connectivity index (χ4n) is 7.42. The van der Waals surface area contributed by atoms with Crippen molar-refractivity contribution in [2.45, 2.75) is 39.3 Å². The summed E-state index contributed by atoms with van der Waals surface area (Å²) in [5.74, 6) is -0.0943. The Balaban J connectivity index is 1.08. The molecule has 0 aliphatic carbocycles. The van der Waals surface area contributed by atoms with Gasteiger partial charge >= 0.3 is 5.97 Å². The highest BCUT2D eigenvalue weighted by Crippen LogP contribution is 2.40. The molecule has 51 heavy (non-hydrogen) atoms. The molecule has 0 unspecified atom stereocenters. The molecule has 0 bridgehead atoms. The molecule has 11 heteroatoms. The minimum atomic E-state index is -0.769. The third kappa shape index (κ3) is 6.52. The molecule has 6 aromatic rings. The largest absolute Gasteiger partial charge is 0.481 e. The number of pyridine rings is 2. The normalized spacial score (nSPS) is 16.6. The second kappa shape index (κ2) is 13.8. The number of nitriles is 1. The summed E-state index contributed by atoms with van der Waals surface area (Å²) in [6.45, 7) is 6.90. The van der Waals surface area contributed by atoms with Crippen LogP contribution in [0.2, 0.25) is 5.02 Å². The van der Waals surface area contributed by atoms with E-state index in [0.29, 0.717) is 65.1 Å². The lowest BCUT2D eigenvalue weighted by molar-refractivity contribution is -0.141. The Morgan fingerprint density at radius 2 is 1.78 bits per heavy atom. The monoisotopic (exact) mass is 697 g/mol. The topological polar surface area (TPSA) is 131 Å². The van der Waals surface area contributed by atoms with Gasteiger partial charge in [0.1, 0.15) is 17.1 Å². The van der Waals surface area contributed by atoms with Crippen LogP contribution < -0.4 is 5.32 Å². The van der Waals surface area contributed by atoms with Crippen LogP contribution in [0.1, 0.15) is 41.5 Å². The first-order valence-electron chi connectivity index (χ1n) is 17.2. The van der Waals surface area contributed by atoms with Crippen molar-refractivity contribution in [3.05, 3.63) is 100 Å². The van der Waals surface area contributed by atoms with Crippen molar-refractivity contribution in [3.8, 4) is 28.7 Å². The zero-order valence-corrected chi connectivity index (χ0v) is 29.0. The molecule has 1 atom stereocenters. The summed E-state index contributed by atoms with van der Waals surface area (Å²) >= 11 is 7.12. The number of hydrogen-bond donors (Lipinski definition) is 2. The number of benzene rings is 3. The number of aromatic nitrogens is 3. The van der Waals surface area contributed by atoms with Crippen LogP contribution in [0.3, 0.4) is 0 Å². The van der Waals surface area contributed by atoms with Gasteiger partial charge in [-0.15, -0.1) is 0 Å². The van der Waals surface area contributed by atoms with E-state index < -0.39 is 5.97 Å². The lowest BCUT2D eigenvalue weighted by Gasteiger charge is -2.16. The van der Waals surface area contributed by atoms with Crippen molar-refractivity contribution >= 4 is 51.1 Å². The van der Waals surface area contributed by atoms with Gasteiger partial charge < -0.3 is 14.8 Å². The van der Waals surface area contributed by atoms with Crippen molar-refractivity contribution in [1.29, 1.82) is 5.26 Å².